The van der Waals surface area contributed by atoms with Crippen LogP contribution in [0.2, 0.25) is 0 Å². The maximum absolute atomic E-state index is 12.2. The first-order valence-electron chi connectivity index (χ1n) is 3.35. The van der Waals surface area contributed by atoms with Gasteiger partial charge in [0.05, 0.1) is 5.88 Å². The molecule has 0 bridgehead atoms. The molecule has 2 N–H and O–H groups in total. The van der Waals surface area contributed by atoms with Crippen LogP contribution in [0.25, 0.3) is 0 Å². The highest BCUT2D eigenvalue weighted by Gasteiger charge is 2.16. The number of halogens is 3. The van der Waals surface area contributed by atoms with Crippen LogP contribution >= 0.6 is 11.6 Å². The van der Waals surface area contributed by atoms with E-state index in [0.29, 0.717) is 0 Å². The topological polar surface area (TPSA) is 53.1 Å². The van der Waals surface area contributed by atoms with Crippen molar-refractivity contribution in [2.24, 2.45) is 0 Å². The predicted molar refractivity (Wildman–Crippen MR) is 43.2 cm³/mol. The van der Waals surface area contributed by atoms with Gasteiger partial charge in [-0.25, -0.2) is 8.78 Å². The Hall–Kier alpha value is -1.10. The highest BCUT2D eigenvalue weighted by Crippen LogP contribution is 2.28. The standard InChI is InChI=1S/C7H6ClF2NO2/c8-2-3-1-4(12)11-5(6(3)13)7(9)10/h1,7,13H,2H2,(H,11,12). The number of H-pyrrole nitrogens is 1. The Morgan fingerprint density at radius 1 is 1.62 bits per heavy atom. The zero-order valence-electron chi connectivity index (χ0n) is 6.35. The number of aromatic hydroxyl groups is 1. The van der Waals surface area contributed by atoms with Gasteiger partial charge in [-0.3, -0.25) is 4.79 Å². The second-order valence-electron chi connectivity index (χ2n) is 2.36. The van der Waals surface area contributed by atoms with Gasteiger partial charge in [0.25, 0.3) is 6.43 Å². The third-order valence-corrected chi connectivity index (χ3v) is 1.77. The number of hydrogen-bond donors (Lipinski definition) is 2. The molecular weight excluding hydrogens is 204 g/mol. The Morgan fingerprint density at radius 3 is 2.69 bits per heavy atom. The number of hydrogen-bond acceptors (Lipinski definition) is 2. The lowest BCUT2D eigenvalue weighted by Gasteiger charge is -2.05. The Bertz CT molecular complexity index is 364. The molecule has 0 aliphatic rings. The molecular formula is C7H6ClF2NO2. The summed E-state index contributed by atoms with van der Waals surface area (Å²) in [4.78, 5) is 12.6. The summed E-state index contributed by atoms with van der Waals surface area (Å²) in [6.07, 6.45) is -2.92. The molecule has 0 aromatic carbocycles. The van der Waals surface area contributed by atoms with Crippen molar-refractivity contribution in [3.8, 4) is 5.75 Å². The van der Waals surface area contributed by atoms with Crippen molar-refractivity contribution in [1.82, 2.24) is 4.98 Å². The maximum Gasteiger partial charge on any atom is 0.282 e. The Kier molecular flexibility index (Phi) is 2.87. The van der Waals surface area contributed by atoms with Crippen molar-refractivity contribution in [2.75, 3.05) is 0 Å². The van der Waals surface area contributed by atoms with E-state index < -0.39 is 23.4 Å². The van der Waals surface area contributed by atoms with Crippen LogP contribution in [-0.4, -0.2) is 10.1 Å². The van der Waals surface area contributed by atoms with Crippen molar-refractivity contribution in [3.05, 3.63) is 27.7 Å². The van der Waals surface area contributed by atoms with Gasteiger partial charge in [0.15, 0.2) is 0 Å². The van der Waals surface area contributed by atoms with Gasteiger partial charge in [0.2, 0.25) is 5.56 Å². The molecule has 0 unspecified atom stereocenters. The van der Waals surface area contributed by atoms with Crippen LogP contribution in [0.3, 0.4) is 0 Å². The number of aromatic amines is 1. The number of alkyl halides is 3. The minimum Gasteiger partial charge on any atom is -0.506 e. The number of pyridine rings is 1. The Morgan fingerprint density at radius 2 is 2.23 bits per heavy atom. The molecule has 0 saturated heterocycles. The van der Waals surface area contributed by atoms with Crippen LogP contribution < -0.4 is 5.56 Å². The maximum atomic E-state index is 12.2. The van der Waals surface area contributed by atoms with E-state index in [4.69, 9.17) is 16.7 Å². The first kappa shape index (κ1) is 9.98. The minimum absolute atomic E-state index is 0.000664. The van der Waals surface area contributed by atoms with E-state index in [1.807, 2.05) is 4.98 Å². The van der Waals surface area contributed by atoms with Gasteiger partial charge < -0.3 is 10.1 Å². The normalized spacial score (nSPS) is 10.8. The minimum atomic E-state index is -2.92. The Balaban J connectivity index is 3.36. The van der Waals surface area contributed by atoms with Crippen LogP contribution in [0, 0.1) is 0 Å². The fourth-order valence-electron chi connectivity index (χ4n) is 0.887. The highest BCUT2D eigenvalue weighted by atomic mass is 35.5. The third kappa shape index (κ3) is 1.98. The zero-order valence-corrected chi connectivity index (χ0v) is 7.11. The van der Waals surface area contributed by atoms with E-state index in [-0.39, 0.29) is 11.4 Å². The van der Waals surface area contributed by atoms with Crippen molar-refractivity contribution < 1.29 is 13.9 Å². The molecule has 0 amide bonds. The average Bonchev–Trinajstić information content (AvgIpc) is 2.08. The van der Waals surface area contributed by atoms with Gasteiger partial charge in [0.1, 0.15) is 11.4 Å². The Labute approximate surface area is 77.0 Å². The summed E-state index contributed by atoms with van der Waals surface area (Å²) >= 11 is 5.32. The van der Waals surface area contributed by atoms with Gasteiger partial charge in [-0.2, -0.15) is 0 Å². The molecule has 13 heavy (non-hydrogen) atoms. The predicted octanol–water partition coefficient (Wildman–Crippen LogP) is 1.76. The molecule has 0 aliphatic carbocycles. The van der Waals surface area contributed by atoms with Gasteiger partial charge in [0, 0.05) is 11.6 Å². The molecule has 6 heteroatoms. The van der Waals surface area contributed by atoms with E-state index in [1.165, 1.54) is 0 Å². The largest absolute Gasteiger partial charge is 0.506 e. The second kappa shape index (κ2) is 3.74. The molecule has 1 aromatic heterocycles. The molecule has 1 aromatic rings. The summed E-state index contributed by atoms with van der Waals surface area (Å²) in [5.41, 5.74) is -1.49. The van der Waals surface area contributed by atoms with E-state index in [1.54, 1.807) is 0 Å². The van der Waals surface area contributed by atoms with Gasteiger partial charge in [-0.1, -0.05) is 0 Å². The molecule has 0 saturated carbocycles. The van der Waals surface area contributed by atoms with E-state index in [9.17, 15) is 13.6 Å². The van der Waals surface area contributed by atoms with Gasteiger partial charge in [-0.15, -0.1) is 11.6 Å². The van der Waals surface area contributed by atoms with Crippen LogP contribution in [0.4, 0.5) is 8.78 Å². The van der Waals surface area contributed by atoms with Crippen LogP contribution in [0.5, 0.6) is 5.75 Å². The van der Waals surface area contributed by atoms with E-state index in [2.05, 4.69) is 0 Å². The summed E-state index contributed by atoms with van der Waals surface area (Å²) in [6, 6.07) is 0.980. The van der Waals surface area contributed by atoms with Crippen LogP contribution in [0.1, 0.15) is 17.7 Å². The molecule has 0 aliphatic heterocycles. The molecule has 1 rings (SSSR count). The summed E-state index contributed by atoms with van der Waals surface area (Å²) in [6.45, 7) is 0. The summed E-state index contributed by atoms with van der Waals surface area (Å²) in [5, 5.41) is 9.15. The summed E-state index contributed by atoms with van der Waals surface area (Å²) in [7, 11) is 0. The lowest BCUT2D eigenvalue weighted by molar-refractivity contribution is 0.141. The van der Waals surface area contributed by atoms with Crippen molar-refractivity contribution >= 4 is 11.6 Å². The molecule has 72 valence electrons. The first-order chi connectivity index (χ1) is 6.06. The summed E-state index contributed by atoms with van der Waals surface area (Å²) in [5.74, 6) is -0.834. The molecule has 3 nitrogen and oxygen atoms in total. The molecule has 1 heterocycles. The number of aromatic nitrogens is 1. The second-order valence-corrected chi connectivity index (χ2v) is 2.62. The van der Waals surface area contributed by atoms with Crippen molar-refractivity contribution in [1.29, 1.82) is 0 Å². The van der Waals surface area contributed by atoms with Crippen LogP contribution in [-0.2, 0) is 5.88 Å². The van der Waals surface area contributed by atoms with Crippen LogP contribution in [0.15, 0.2) is 10.9 Å². The number of rotatable bonds is 2. The molecule has 0 spiro atoms. The highest BCUT2D eigenvalue weighted by molar-refractivity contribution is 6.17. The number of nitrogens with one attached hydrogen (secondary N) is 1. The average molecular weight is 210 g/mol. The first-order valence-corrected chi connectivity index (χ1v) is 3.89. The SMILES string of the molecule is O=c1cc(CCl)c(O)c(C(F)F)[nH]1. The fraction of sp³-hybridized carbons (Fsp3) is 0.286. The lowest BCUT2D eigenvalue weighted by Crippen LogP contribution is -2.09. The van der Waals surface area contributed by atoms with E-state index >= 15 is 0 Å². The monoisotopic (exact) mass is 209 g/mol. The van der Waals surface area contributed by atoms with Crippen molar-refractivity contribution in [2.45, 2.75) is 12.3 Å². The molecule has 0 radical (unpaired) electrons. The quantitative estimate of drug-likeness (QED) is 0.730. The van der Waals surface area contributed by atoms with E-state index in [0.717, 1.165) is 6.07 Å². The summed E-state index contributed by atoms with van der Waals surface area (Å²) < 4.78 is 24.3. The smallest absolute Gasteiger partial charge is 0.282 e. The zero-order chi connectivity index (χ0) is 10.0. The lowest BCUT2D eigenvalue weighted by atomic mass is 10.2. The molecule has 0 atom stereocenters. The van der Waals surface area contributed by atoms with Crippen molar-refractivity contribution in [3.63, 3.8) is 0 Å². The third-order valence-electron chi connectivity index (χ3n) is 1.48. The van der Waals surface area contributed by atoms with Gasteiger partial charge >= 0.3 is 0 Å². The fourth-order valence-corrected chi connectivity index (χ4v) is 1.09. The van der Waals surface area contributed by atoms with Gasteiger partial charge in [-0.05, 0) is 0 Å². The molecule has 0 fully saturated rings.